The molecule has 0 radical (unpaired) electrons. The number of carbonyl (C=O) groups is 2. The van der Waals surface area contributed by atoms with Crippen LogP contribution in [0.15, 0.2) is 24.3 Å². The molecule has 0 aromatic heterocycles. The highest BCUT2D eigenvalue weighted by Crippen LogP contribution is 2.22. The molecule has 2 saturated heterocycles. The van der Waals surface area contributed by atoms with E-state index in [9.17, 15) is 9.59 Å². The van der Waals surface area contributed by atoms with Gasteiger partial charge in [0.2, 0.25) is 5.91 Å². The zero-order valence-electron chi connectivity index (χ0n) is 16.7. The van der Waals surface area contributed by atoms with Crippen molar-refractivity contribution in [3.63, 3.8) is 0 Å². The molecule has 1 unspecified atom stereocenters. The molecule has 5 nitrogen and oxygen atoms in total. The first-order valence-corrected chi connectivity index (χ1v) is 10.4. The van der Waals surface area contributed by atoms with E-state index in [-0.39, 0.29) is 11.8 Å². The third-order valence-corrected chi connectivity index (χ3v) is 5.83. The SMILES string of the molecule is CCC(=O)N1CCCC(COc2ccc(C(=O)N3CCC(C)CC3)cc2)C1. The van der Waals surface area contributed by atoms with Crippen LogP contribution in [0.4, 0.5) is 0 Å². The number of likely N-dealkylation sites (tertiary alicyclic amines) is 2. The van der Waals surface area contributed by atoms with E-state index in [1.165, 1.54) is 0 Å². The molecule has 148 valence electrons. The zero-order valence-corrected chi connectivity index (χ0v) is 16.7. The molecule has 0 aliphatic carbocycles. The van der Waals surface area contributed by atoms with Crippen molar-refractivity contribution in [3.8, 4) is 5.75 Å². The molecule has 0 N–H and O–H groups in total. The van der Waals surface area contributed by atoms with Gasteiger partial charge in [0, 0.05) is 44.1 Å². The molecule has 5 heteroatoms. The molecule has 3 rings (SSSR count). The van der Waals surface area contributed by atoms with Crippen molar-refractivity contribution < 1.29 is 14.3 Å². The molecule has 2 aliphatic rings. The first kappa shape index (κ1) is 19.7. The van der Waals surface area contributed by atoms with E-state index in [4.69, 9.17) is 4.74 Å². The van der Waals surface area contributed by atoms with E-state index >= 15 is 0 Å². The van der Waals surface area contributed by atoms with Crippen LogP contribution in [-0.4, -0.2) is 54.4 Å². The Morgan fingerprint density at radius 3 is 2.41 bits per heavy atom. The molecular formula is C22H32N2O3. The second-order valence-corrected chi connectivity index (χ2v) is 8.01. The van der Waals surface area contributed by atoms with Crippen LogP contribution >= 0.6 is 0 Å². The van der Waals surface area contributed by atoms with E-state index in [0.29, 0.717) is 24.9 Å². The Balaban J connectivity index is 1.49. The number of piperidine rings is 2. The summed E-state index contributed by atoms with van der Waals surface area (Å²) in [5.74, 6) is 2.24. The summed E-state index contributed by atoms with van der Waals surface area (Å²) < 4.78 is 5.94. The van der Waals surface area contributed by atoms with E-state index in [1.807, 2.05) is 41.0 Å². The van der Waals surface area contributed by atoms with Gasteiger partial charge in [-0.1, -0.05) is 13.8 Å². The third-order valence-electron chi connectivity index (χ3n) is 5.83. The van der Waals surface area contributed by atoms with E-state index in [1.54, 1.807) is 0 Å². The van der Waals surface area contributed by atoms with Crippen LogP contribution in [-0.2, 0) is 4.79 Å². The van der Waals surface area contributed by atoms with Gasteiger partial charge in [-0.3, -0.25) is 9.59 Å². The highest BCUT2D eigenvalue weighted by molar-refractivity contribution is 5.94. The second kappa shape index (κ2) is 9.25. The molecule has 1 atom stereocenters. The number of carbonyl (C=O) groups excluding carboxylic acids is 2. The molecule has 2 aliphatic heterocycles. The van der Waals surface area contributed by atoms with Crippen molar-refractivity contribution in [2.75, 3.05) is 32.8 Å². The average Bonchev–Trinajstić information content (AvgIpc) is 2.72. The van der Waals surface area contributed by atoms with Gasteiger partial charge in [-0.15, -0.1) is 0 Å². The molecule has 0 spiro atoms. The minimum Gasteiger partial charge on any atom is -0.493 e. The summed E-state index contributed by atoms with van der Waals surface area (Å²) >= 11 is 0. The molecule has 2 fully saturated rings. The van der Waals surface area contributed by atoms with Crippen LogP contribution in [0.3, 0.4) is 0 Å². The number of hydrogen-bond donors (Lipinski definition) is 0. The lowest BCUT2D eigenvalue weighted by Gasteiger charge is -2.32. The summed E-state index contributed by atoms with van der Waals surface area (Å²) in [4.78, 5) is 28.4. The maximum Gasteiger partial charge on any atom is 0.253 e. The van der Waals surface area contributed by atoms with Gasteiger partial charge < -0.3 is 14.5 Å². The van der Waals surface area contributed by atoms with Crippen molar-refractivity contribution in [1.82, 2.24) is 9.80 Å². The summed E-state index contributed by atoms with van der Waals surface area (Å²) in [5, 5.41) is 0. The molecule has 2 heterocycles. The average molecular weight is 373 g/mol. The Labute approximate surface area is 162 Å². The maximum absolute atomic E-state index is 12.6. The first-order valence-electron chi connectivity index (χ1n) is 10.4. The number of hydrogen-bond acceptors (Lipinski definition) is 3. The van der Waals surface area contributed by atoms with Gasteiger partial charge in [0.15, 0.2) is 0 Å². The van der Waals surface area contributed by atoms with Crippen LogP contribution in [0.25, 0.3) is 0 Å². The monoisotopic (exact) mass is 372 g/mol. The number of rotatable bonds is 5. The fraction of sp³-hybridized carbons (Fsp3) is 0.636. The lowest BCUT2D eigenvalue weighted by molar-refractivity contribution is -0.132. The van der Waals surface area contributed by atoms with E-state index in [0.717, 1.165) is 63.2 Å². The predicted octanol–water partition coefficient (Wildman–Crippen LogP) is 3.59. The van der Waals surface area contributed by atoms with Crippen molar-refractivity contribution >= 4 is 11.8 Å². The van der Waals surface area contributed by atoms with Crippen molar-refractivity contribution in [2.45, 2.75) is 46.0 Å². The summed E-state index contributed by atoms with van der Waals surface area (Å²) in [5.41, 5.74) is 0.731. The van der Waals surface area contributed by atoms with Gasteiger partial charge in [-0.05, 0) is 55.9 Å². The zero-order chi connectivity index (χ0) is 19.2. The van der Waals surface area contributed by atoms with Gasteiger partial charge in [0.1, 0.15) is 5.75 Å². The Hall–Kier alpha value is -2.04. The Kier molecular flexibility index (Phi) is 6.75. The molecule has 1 aromatic rings. The van der Waals surface area contributed by atoms with Gasteiger partial charge in [0.25, 0.3) is 5.91 Å². The van der Waals surface area contributed by atoms with Crippen LogP contribution < -0.4 is 4.74 Å². The van der Waals surface area contributed by atoms with Crippen LogP contribution in [0.1, 0.15) is 56.3 Å². The fourth-order valence-corrected chi connectivity index (χ4v) is 3.95. The Morgan fingerprint density at radius 1 is 1.04 bits per heavy atom. The van der Waals surface area contributed by atoms with Crippen molar-refractivity contribution in [3.05, 3.63) is 29.8 Å². The lowest BCUT2D eigenvalue weighted by Crippen LogP contribution is -2.41. The van der Waals surface area contributed by atoms with Gasteiger partial charge in [-0.2, -0.15) is 0 Å². The second-order valence-electron chi connectivity index (χ2n) is 8.01. The van der Waals surface area contributed by atoms with Crippen LogP contribution in [0.2, 0.25) is 0 Å². The van der Waals surface area contributed by atoms with Crippen LogP contribution in [0, 0.1) is 11.8 Å². The number of ether oxygens (including phenoxy) is 1. The van der Waals surface area contributed by atoms with Crippen molar-refractivity contribution in [2.24, 2.45) is 11.8 Å². The smallest absolute Gasteiger partial charge is 0.253 e. The van der Waals surface area contributed by atoms with Crippen LogP contribution in [0.5, 0.6) is 5.75 Å². The molecule has 1 aromatic carbocycles. The lowest BCUT2D eigenvalue weighted by atomic mass is 9.98. The summed E-state index contributed by atoms with van der Waals surface area (Å²) in [6.45, 7) is 8.14. The Bertz CT molecular complexity index is 635. The predicted molar refractivity (Wildman–Crippen MR) is 106 cm³/mol. The Morgan fingerprint density at radius 2 is 1.74 bits per heavy atom. The topological polar surface area (TPSA) is 49.9 Å². The number of amides is 2. The minimum absolute atomic E-state index is 0.120. The summed E-state index contributed by atoms with van der Waals surface area (Å²) in [6, 6.07) is 7.50. The summed E-state index contributed by atoms with van der Waals surface area (Å²) in [7, 11) is 0. The molecule has 0 saturated carbocycles. The molecule has 2 amide bonds. The third kappa shape index (κ3) is 5.24. The highest BCUT2D eigenvalue weighted by atomic mass is 16.5. The molecular weight excluding hydrogens is 340 g/mol. The highest BCUT2D eigenvalue weighted by Gasteiger charge is 2.24. The quantitative estimate of drug-likeness (QED) is 0.794. The van der Waals surface area contributed by atoms with E-state index < -0.39 is 0 Å². The van der Waals surface area contributed by atoms with Gasteiger partial charge >= 0.3 is 0 Å². The largest absolute Gasteiger partial charge is 0.493 e. The maximum atomic E-state index is 12.6. The summed E-state index contributed by atoms with van der Waals surface area (Å²) in [6.07, 6.45) is 4.88. The van der Waals surface area contributed by atoms with Gasteiger partial charge in [0.05, 0.1) is 6.61 Å². The van der Waals surface area contributed by atoms with Gasteiger partial charge in [-0.25, -0.2) is 0 Å². The normalized spacial score (nSPS) is 21.2. The number of benzene rings is 1. The van der Waals surface area contributed by atoms with Crippen molar-refractivity contribution in [1.29, 1.82) is 0 Å². The minimum atomic E-state index is 0.120. The molecule has 27 heavy (non-hydrogen) atoms. The fourth-order valence-electron chi connectivity index (χ4n) is 3.95. The molecule has 0 bridgehead atoms. The standard InChI is InChI=1S/C22H32N2O3/c1-3-21(25)24-12-4-5-18(15-24)16-27-20-8-6-19(7-9-20)22(26)23-13-10-17(2)11-14-23/h6-9,17-18H,3-5,10-16H2,1-2H3. The number of nitrogens with zero attached hydrogens (tertiary/aromatic N) is 2. The first-order chi connectivity index (χ1) is 13.1. The van der Waals surface area contributed by atoms with E-state index in [2.05, 4.69) is 6.92 Å².